The SMILES string of the molecule is COc1c(C)c2c(c(OS(=O)(=O)c3ccc(C)cc3)c1C/C=C1\CCC(C(=O)[O-])C1)C(=O)OC2. The van der Waals surface area contributed by atoms with Crippen LogP contribution in [0.25, 0.3) is 0 Å². The Morgan fingerprint density at radius 1 is 1.21 bits per heavy atom. The van der Waals surface area contributed by atoms with Gasteiger partial charge in [0.05, 0.1) is 7.11 Å². The minimum absolute atomic E-state index is 0.00798. The van der Waals surface area contributed by atoms with Gasteiger partial charge < -0.3 is 23.6 Å². The fourth-order valence-corrected chi connectivity index (χ4v) is 5.45. The molecule has 1 unspecified atom stereocenters. The van der Waals surface area contributed by atoms with Gasteiger partial charge in [0.15, 0.2) is 5.75 Å². The Bertz CT molecular complexity index is 1290. The first-order valence-corrected chi connectivity index (χ1v) is 12.3. The van der Waals surface area contributed by atoms with Crippen LogP contribution in [0, 0.1) is 19.8 Å². The number of esters is 1. The molecule has 1 fully saturated rings. The number of carbonyl (C=O) groups is 2. The van der Waals surface area contributed by atoms with Crippen LogP contribution in [0.5, 0.6) is 11.5 Å². The molecular formula is C25H25O8S-. The Hall–Kier alpha value is -3.33. The van der Waals surface area contributed by atoms with E-state index in [0.717, 1.165) is 11.1 Å². The number of hydrogen-bond donors (Lipinski definition) is 0. The molecule has 0 radical (unpaired) electrons. The maximum atomic E-state index is 13.1. The lowest BCUT2D eigenvalue weighted by Gasteiger charge is -2.19. The minimum Gasteiger partial charge on any atom is -0.550 e. The highest BCUT2D eigenvalue weighted by atomic mass is 32.2. The minimum atomic E-state index is -4.26. The van der Waals surface area contributed by atoms with E-state index in [9.17, 15) is 23.1 Å². The lowest BCUT2D eigenvalue weighted by atomic mass is 9.94. The number of ether oxygens (including phenoxy) is 2. The van der Waals surface area contributed by atoms with Crippen molar-refractivity contribution in [3.05, 3.63) is 63.7 Å². The molecule has 0 aromatic heterocycles. The fourth-order valence-electron chi connectivity index (χ4n) is 4.48. The van der Waals surface area contributed by atoms with Gasteiger partial charge in [0, 0.05) is 23.0 Å². The van der Waals surface area contributed by atoms with Crippen molar-refractivity contribution in [3.8, 4) is 11.5 Å². The smallest absolute Gasteiger partial charge is 0.342 e. The average molecular weight is 486 g/mol. The molecule has 2 aromatic rings. The molecule has 1 aliphatic heterocycles. The molecule has 1 atom stereocenters. The van der Waals surface area contributed by atoms with Crippen molar-refractivity contribution in [2.75, 3.05) is 7.11 Å². The Morgan fingerprint density at radius 3 is 2.53 bits per heavy atom. The molecule has 2 aliphatic rings. The van der Waals surface area contributed by atoms with Crippen LogP contribution in [-0.4, -0.2) is 27.5 Å². The van der Waals surface area contributed by atoms with Crippen LogP contribution in [0.1, 0.15) is 51.9 Å². The lowest BCUT2D eigenvalue weighted by Crippen LogP contribution is -2.29. The van der Waals surface area contributed by atoms with Crippen LogP contribution < -0.4 is 14.0 Å². The fraction of sp³-hybridized carbons (Fsp3) is 0.360. The van der Waals surface area contributed by atoms with Gasteiger partial charge in [-0.05, 0) is 57.2 Å². The number of methoxy groups -OCH3 is 1. The summed E-state index contributed by atoms with van der Waals surface area (Å²) >= 11 is 0. The van der Waals surface area contributed by atoms with E-state index in [1.165, 1.54) is 19.2 Å². The van der Waals surface area contributed by atoms with Crippen molar-refractivity contribution < 1.29 is 36.8 Å². The Kier molecular flexibility index (Phi) is 6.40. The Morgan fingerprint density at radius 2 is 1.91 bits per heavy atom. The van der Waals surface area contributed by atoms with Crippen molar-refractivity contribution in [3.63, 3.8) is 0 Å². The molecule has 0 amide bonds. The number of hydrogen-bond acceptors (Lipinski definition) is 8. The van der Waals surface area contributed by atoms with Crippen molar-refractivity contribution in [1.82, 2.24) is 0 Å². The van der Waals surface area contributed by atoms with Gasteiger partial charge in [-0.1, -0.05) is 29.3 Å². The first-order valence-electron chi connectivity index (χ1n) is 10.9. The zero-order valence-corrected chi connectivity index (χ0v) is 20.0. The predicted molar refractivity (Wildman–Crippen MR) is 120 cm³/mol. The third-order valence-corrected chi connectivity index (χ3v) is 7.62. The molecule has 34 heavy (non-hydrogen) atoms. The molecule has 2 aromatic carbocycles. The van der Waals surface area contributed by atoms with Gasteiger partial charge in [-0.2, -0.15) is 8.42 Å². The highest BCUT2D eigenvalue weighted by Gasteiger charge is 2.35. The topological polar surface area (TPSA) is 119 Å². The third-order valence-electron chi connectivity index (χ3n) is 6.38. The van der Waals surface area contributed by atoms with Crippen LogP contribution in [0.2, 0.25) is 0 Å². The number of carbonyl (C=O) groups excluding carboxylic acids is 2. The normalized spacial score (nSPS) is 18.6. The van der Waals surface area contributed by atoms with Gasteiger partial charge in [-0.3, -0.25) is 0 Å². The van der Waals surface area contributed by atoms with Crippen LogP contribution in [0.3, 0.4) is 0 Å². The summed E-state index contributed by atoms with van der Waals surface area (Å²) in [6.45, 7) is 3.60. The van der Waals surface area contributed by atoms with Crippen LogP contribution in [-0.2, 0) is 32.7 Å². The summed E-state index contributed by atoms with van der Waals surface area (Å²) in [5, 5.41) is 11.2. The van der Waals surface area contributed by atoms with E-state index in [-0.39, 0.29) is 29.2 Å². The van der Waals surface area contributed by atoms with Gasteiger partial charge in [0.1, 0.15) is 22.8 Å². The summed E-state index contributed by atoms with van der Waals surface area (Å²) in [6, 6.07) is 6.19. The second-order valence-electron chi connectivity index (χ2n) is 8.57. The van der Waals surface area contributed by atoms with E-state index in [1.54, 1.807) is 19.1 Å². The van der Waals surface area contributed by atoms with Crippen LogP contribution in [0.4, 0.5) is 0 Å². The molecule has 0 saturated heterocycles. The second-order valence-corrected chi connectivity index (χ2v) is 10.1. The number of carboxylic acid groups (broad SMARTS) is 1. The first kappa shape index (κ1) is 23.8. The first-order chi connectivity index (χ1) is 16.1. The summed E-state index contributed by atoms with van der Waals surface area (Å²) < 4.78 is 42.7. The number of allylic oxidation sites excluding steroid dienone is 2. The second kappa shape index (κ2) is 9.13. The number of rotatable bonds is 7. The Balaban J connectivity index is 1.81. The summed E-state index contributed by atoms with van der Waals surface area (Å²) in [4.78, 5) is 23.8. The summed E-state index contributed by atoms with van der Waals surface area (Å²) in [5.41, 5.74) is 3.45. The monoisotopic (exact) mass is 485 g/mol. The van der Waals surface area contributed by atoms with E-state index in [1.807, 2.05) is 13.0 Å². The zero-order chi connectivity index (χ0) is 24.6. The molecule has 180 valence electrons. The van der Waals surface area contributed by atoms with Gasteiger partial charge in [0.25, 0.3) is 0 Å². The maximum Gasteiger partial charge on any atom is 0.342 e. The average Bonchev–Trinajstić information content (AvgIpc) is 3.42. The quantitative estimate of drug-likeness (QED) is 0.334. The number of aliphatic carboxylic acids is 1. The lowest BCUT2D eigenvalue weighted by molar-refractivity contribution is -0.311. The zero-order valence-electron chi connectivity index (χ0n) is 19.2. The highest BCUT2D eigenvalue weighted by Crippen LogP contribution is 2.44. The predicted octanol–water partition coefficient (Wildman–Crippen LogP) is 2.77. The summed E-state index contributed by atoms with van der Waals surface area (Å²) in [5.74, 6) is -2.00. The molecule has 9 heteroatoms. The van der Waals surface area contributed by atoms with Crippen LogP contribution in [0.15, 0.2) is 40.8 Å². The van der Waals surface area contributed by atoms with Crippen molar-refractivity contribution in [2.24, 2.45) is 5.92 Å². The van der Waals surface area contributed by atoms with Crippen molar-refractivity contribution in [2.45, 2.75) is 51.0 Å². The van der Waals surface area contributed by atoms with E-state index < -0.39 is 28.0 Å². The maximum absolute atomic E-state index is 13.1. The van der Waals surface area contributed by atoms with Gasteiger partial charge >= 0.3 is 16.1 Å². The van der Waals surface area contributed by atoms with Gasteiger partial charge in [-0.15, -0.1) is 0 Å². The summed E-state index contributed by atoms with van der Waals surface area (Å²) in [7, 11) is -2.80. The number of fused-ring (bicyclic) bond motifs is 1. The highest BCUT2D eigenvalue weighted by molar-refractivity contribution is 7.87. The van der Waals surface area contributed by atoms with E-state index in [4.69, 9.17) is 13.7 Å². The van der Waals surface area contributed by atoms with Crippen LogP contribution >= 0.6 is 0 Å². The van der Waals surface area contributed by atoms with E-state index in [2.05, 4.69) is 0 Å². The number of carboxylic acids is 1. The molecule has 1 saturated carbocycles. The number of benzene rings is 2. The molecule has 1 aliphatic carbocycles. The number of aryl methyl sites for hydroxylation is 1. The standard InChI is InChI=1S/C25H26O8S/c1-14-4-9-18(10-5-14)34(29,30)33-23-19(11-7-16-6-8-17(12-16)24(26)27)22(31-3)15(2)20-13-32-25(28)21(20)23/h4-5,7,9-10,17H,6,8,11-13H2,1-3H3,(H,26,27)/p-1/b16-7+. The van der Waals surface area contributed by atoms with Gasteiger partial charge in [-0.25, -0.2) is 4.79 Å². The summed E-state index contributed by atoms with van der Waals surface area (Å²) in [6.07, 6.45) is 3.50. The van der Waals surface area contributed by atoms with Gasteiger partial charge in [0.2, 0.25) is 0 Å². The number of cyclic esters (lactones) is 1. The van der Waals surface area contributed by atoms with Crippen molar-refractivity contribution in [1.29, 1.82) is 0 Å². The third kappa shape index (κ3) is 4.40. The molecule has 0 spiro atoms. The molecule has 0 N–H and O–H groups in total. The van der Waals surface area contributed by atoms with E-state index in [0.29, 0.717) is 41.7 Å². The molecule has 0 bridgehead atoms. The Labute approximate surface area is 198 Å². The van der Waals surface area contributed by atoms with Crippen molar-refractivity contribution >= 4 is 22.1 Å². The molecular weight excluding hydrogens is 460 g/mol. The molecule has 1 heterocycles. The molecule has 4 rings (SSSR count). The van der Waals surface area contributed by atoms with E-state index >= 15 is 0 Å². The molecule has 8 nitrogen and oxygen atoms in total. The largest absolute Gasteiger partial charge is 0.550 e.